The Labute approximate surface area is 133 Å². The first-order valence-electron chi connectivity index (χ1n) is 7.39. The van der Waals surface area contributed by atoms with Crippen molar-refractivity contribution in [2.75, 3.05) is 25.5 Å². The van der Waals surface area contributed by atoms with E-state index in [1.165, 1.54) is 12.1 Å². The molecule has 0 unspecified atom stereocenters. The molecule has 1 aliphatic rings. The largest absolute Gasteiger partial charge is 0.381 e. The van der Waals surface area contributed by atoms with Crippen molar-refractivity contribution in [2.45, 2.75) is 18.0 Å². The maximum absolute atomic E-state index is 13.2. The van der Waals surface area contributed by atoms with E-state index in [9.17, 15) is 4.39 Å². The van der Waals surface area contributed by atoms with Crippen molar-refractivity contribution in [1.82, 2.24) is 14.8 Å². The summed E-state index contributed by atoms with van der Waals surface area (Å²) in [6.07, 6.45) is 1.73. The molecule has 0 saturated carbocycles. The number of rotatable bonds is 6. The number of hydrogen-bond acceptors (Lipinski definition) is 5. The lowest BCUT2D eigenvalue weighted by Crippen LogP contribution is -2.10. The van der Waals surface area contributed by atoms with Gasteiger partial charge in [-0.05, 0) is 43.1 Å². The van der Waals surface area contributed by atoms with E-state index in [0.29, 0.717) is 18.9 Å². The summed E-state index contributed by atoms with van der Waals surface area (Å²) in [5.74, 6) is 2.05. The number of nitrogens with two attached hydrogens (primary N) is 1. The molecule has 1 aromatic heterocycles. The topological polar surface area (TPSA) is 66.0 Å². The molecule has 1 atom stereocenters. The maximum atomic E-state index is 13.2. The summed E-state index contributed by atoms with van der Waals surface area (Å²) >= 11 is 1.66. The van der Waals surface area contributed by atoms with E-state index in [1.807, 2.05) is 4.57 Å². The van der Waals surface area contributed by atoms with Gasteiger partial charge in [0.2, 0.25) is 0 Å². The van der Waals surface area contributed by atoms with Crippen LogP contribution in [0.1, 0.15) is 12.2 Å². The van der Waals surface area contributed by atoms with E-state index in [-0.39, 0.29) is 5.82 Å². The Morgan fingerprint density at radius 2 is 2.14 bits per heavy atom. The second-order valence-corrected chi connectivity index (χ2v) is 6.28. The Hall–Kier alpha value is -1.44. The Balaban J connectivity index is 1.83. The lowest BCUT2D eigenvalue weighted by Gasteiger charge is -2.11. The van der Waals surface area contributed by atoms with Crippen LogP contribution in [0.3, 0.4) is 0 Å². The van der Waals surface area contributed by atoms with Crippen LogP contribution in [0.15, 0.2) is 29.4 Å². The fourth-order valence-electron chi connectivity index (χ4n) is 2.44. The van der Waals surface area contributed by atoms with Crippen LogP contribution < -0.4 is 5.73 Å². The average molecular weight is 322 g/mol. The van der Waals surface area contributed by atoms with Crippen LogP contribution >= 0.6 is 11.8 Å². The fourth-order valence-corrected chi connectivity index (χ4v) is 3.53. The van der Waals surface area contributed by atoms with Crippen LogP contribution in [-0.2, 0) is 11.2 Å². The molecule has 0 spiro atoms. The Morgan fingerprint density at radius 1 is 1.32 bits per heavy atom. The van der Waals surface area contributed by atoms with Crippen LogP contribution in [0.4, 0.5) is 4.39 Å². The lowest BCUT2D eigenvalue weighted by atomic mass is 10.2. The van der Waals surface area contributed by atoms with Crippen LogP contribution in [-0.4, -0.2) is 40.3 Å². The lowest BCUT2D eigenvalue weighted by molar-refractivity contribution is 0.189. The van der Waals surface area contributed by atoms with E-state index in [1.54, 1.807) is 23.9 Å². The molecular formula is C15H19FN4OS. The van der Waals surface area contributed by atoms with Crippen LogP contribution in [0.5, 0.6) is 0 Å². The van der Waals surface area contributed by atoms with Crippen molar-refractivity contribution in [3.05, 3.63) is 35.9 Å². The molecular weight excluding hydrogens is 303 g/mol. The highest BCUT2D eigenvalue weighted by molar-refractivity contribution is 7.99. The fraction of sp³-hybridized carbons (Fsp3) is 0.467. The molecule has 0 radical (unpaired) electrons. The highest BCUT2D eigenvalue weighted by atomic mass is 32.2. The van der Waals surface area contributed by atoms with Gasteiger partial charge in [-0.15, -0.1) is 10.2 Å². The summed E-state index contributed by atoms with van der Waals surface area (Å²) in [6, 6.07) is 6.37. The van der Waals surface area contributed by atoms with Crippen molar-refractivity contribution in [2.24, 2.45) is 11.7 Å². The SMILES string of the molecule is NCCc1nnc(SC[C@H]2CCOC2)n1-c1ccc(F)cc1. The molecule has 0 bridgehead atoms. The predicted octanol–water partition coefficient (Wildman–Crippen LogP) is 2.04. The molecule has 1 fully saturated rings. The summed E-state index contributed by atoms with van der Waals surface area (Å²) < 4.78 is 20.5. The first kappa shape index (κ1) is 15.5. The van der Waals surface area contributed by atoms with Crippen LogP contribution in [0.2, 0.25) is 0 Å². The van der Waals surface area contributed by atoms with Gasteiger partial charge in [0.15, 0.2) is 5.16 Å². The van der Waals surface area contributed by atoms with Gasteiger partial charge < -0.3 is 10.5 Å². The van der Waals surface area contributed by atoms with Crippen molar-refractivity contribution in [3.8, 4) is 5.69 Å². The minimum absolute atomic E-state index is 0.255. The zero-order valence-electron chi connectivity index (χ0n) is 12.2. The molecule has 5 nitrogen and oxygen atoms in total. The van der Waals surface area contributed by atoms with Gasteiger partial charge >= 0.3 is 0 Å². The molecule has 2 heterocycles. The quantitative estimate of drug-likeness (QED) is 0.825. The van der Waals surface area contributed by atoms with E-state index in [2.05, 4.69) is 10.2 Å². The average Bonchev–Trinajstić information content (AvgIpc) is 3.16. The van der Waals surface area contributed by atoms with Gasteiger partial charge in [0.1, 0.15) is 11.6 Å². The van der Waals surface area contributed by atoms with Crippen LogP contribution in [0.25, 0.3) is 5.69 Å². The number of nitrogens with zero attached hydrogens (tertiary/aromatic N) is 3. The van der Waals surface area contributed by atoms with Gasteiger partial charge in [-0.3, -0.25) is 4.57 Å². The second kappa shape index (κ2) is 7.21. The van der Waals surface area contributed by atoms with Gasteiger partial charge in [0.05, 0.1) is 6.61 Å². The summed E-state index contributed by atoms with van der Waals surface area (Å²) in [6.45, 7) is 2.15. The highest BCUT2D eigenvalue weighted by Gasteiger charge is 2.19. The molecule has 7 heteroatoms. The standard InChI is InChI=1S/C15H19FN4OS/c16-12-1-3-13(4-2-12)20-14(5-7-17)18-19-15(20)22-10-11-6-8-21-9-11/h1-4,11H,5-10,17H2/t11-/m0/s1. The first-order chi connectivity index (χ1) is 10.8. The number of hydrogen-bond donors (Lipinski definition) is 1. The number of thioether (sulfide) groups is 1. The Bertz CT molecular complexity index is 611. The second-order valence-electron chi connectivity index (χ2n) is 5.29. The summed E-state index contributed by atoms with van der Waals surface area (Å²) in [5, 5.41) is 9.34. The minimum Gasteiger partial charge on any atom is -0.381 e. The molecule has 2 aromatic rings. The van der Waals surface area contributed by atoms with Crippen molar-refractivity contribution >= 4 is 11.8 Å². The zero-order chi connectivity index (χ0) is 15.4. The third kappa shape index (κ3) is 3.48. The predicted molar refractivity (Wildman–Crippen MR) is 83.7 cm³/mol. The van der Waals surface area contributed by atoms with Crippen molar-refractivity contribution < 1.29 is 9.13 Å². The van der Waals surface area contributed by atoms with Gasteiger partial charge in [-0.1, -0.05) is 11.8 Å². The van der Waals surface area contributed by atoms with Gasteiger partial charge in [-0.25, -0.2) is 4.39 Å². The van der Waals surface area contributed by atoms with Crippen molar-refractivity contribution in [3.63, 3.8) is 0 Å². The number of benzene rings is 1. The Kier molecular flexibility index (Phi) is 5.07. The zero-order valence-corrected chi connectivity index (χ0v) is 13.1. The number of ether oxygens (including phenoxy) is 1. The monoisotopic (exact) mass is 322 g/mol. The molecule has 1 aromatic carbocycles. The molecule has 3 rings (SSSR count). The minimum atomic E-state index is -0.255. The molecule has 1 saturated heterocycles. The molecule has 0 aliphatic carbocycles. The molecule has 22 heavy (non-hydrogen) atoms. The van der Waals surface area contributed by atoms with E-state index >= 15 is 0 Å². The summed E-state index contributed by atoms with van der Waals surface area (Å²) in [7, 11) is 0. The van der Waals surface area contributed by atoms with Crippen molar-refractivity contribution in [1.29, 1.82) is 0 Å². The summed E-state index contributed by atoms with van der Waals surface area (Å²) in [5.41, 5.74) is 6.51. The third-order valence-corrected chi connectivity index (χ3v) is 4.79. The van der Waals surface area contributed by atoms with E-state index in [4.69, 9.17) is 10.5 Å². The van der Waals surface area contributed by atoms with Crippen LogP contribution in [0, 0.1) is 11.7 Å². The molecule has 0 amide bonds. The third-order valence-electron chi connectivity index (χ3n) is 3.63. The van der Waals surface area contributed by atoms with E-state index < -0.39 is 0 Å². The smallest absolute Gasteiger partial charge is 0.195 e. The summed E-state index contributed by atoms with van der Waals surface area (Å²) in [4.78, 5) is 0. The number of aromatic nitrogens is 3. The van der Waals surface area contributed by atoms with Gasteiger partial charge in [0.25, 0.3) is 0 Å². The highest BCUT2D eigenvalue weighted by Crippen LogP contribution is 2.26. The molecule has 118 valence electrons. The maximum Gasteiger partial charge on any atom is 0.195 e. The normalized spacial score (nSPS) is 18.0. The molecule has 2 N–H and O–H groups in total. The van der Waals surface area contributed by atoms with Gasteiger partial charge in [0, 0.05) is 24.5 Å². The Morgan fingerprint density at radius 3 is 2.82 bits per heavy atom. The number of halogens is 1. The van der Waals surface area contributed by atoms with Gasteiger partial charge in [-0.2, -0.15) is 0 Å². The first-order valence-corrected chi connectivity index (χ1v) is 8.37. The van der Waals surface area contributed by atoms with E-state index in [0.717, 1.165) is 42.1 Å². The molecule has 1 aliphatic heterocycles.